The van der Waals surface area contributed by atoms with Crippen LogP contribution in [0, 0.1) is 16.0 Å². The summed E-state index contributed by atoms with van der Waals surface area (Å²) in [6.45, 7) is 12.3. The third-order valence-corrected chi connectivity index (χ3v) is 5.83. The second kappa shape index (κ2) is 27.2. The van der Waals surface area contributed by atoms with E-state index in [9.17, 15) is 14.9 Å². The quantitative estimate of drug-likeness (QED) is 0.0936. The van der Waals surface area contributed by atoms with Gasteiger partial charge in [0, 0.05) is 13.0 Å². The number of amides is 1. The monoisotopic (exact) mass is 506 g/mol. The summed E-state index contributed by atoms with van der Waals surface area (Å²) in [5.41, 5.74) is 1.50. The molecule has 0 fully saturated rings. The molecule has 6 nitrogen and oxygen atoms in total. The molecule has 36 heavy (non-hydrogen) atoms. The predicted octanol–water partition coefficient (Wildman–Crippen LogP) is 8.48. The fourth-order valence-corrected chi connectivity index (χ4v) is 3.71. The Labute approximate surface area is 221 Å². The maximum absolute atomic E-state index is 11.2. The van der Waals surface area contributed by atoms with Gasteiger partial charge in [0.15, 0.2) is 0 Å². The van der Waals surface area contributed by atoms with E-state index in [0.29, 0.717) is 6.42 Å². The normalized spacial score (nSPS) is 11.9. The number of unbranched alkanes of at least 4 members (excludes halogenated alkanes) is 4. The van der Waals surface area contributed by atoms with Crippen LogP contribution in [0.25, 0.3) is 0 Å². The molecule has 0 aromatic heterocycles. The van der Waals surface area contributed by atoms with Crippen LogP contribution >= 0.6 is 0 Å². The highest BCUT2D eigenvalue weighted by Crippen LogP contribution is 2.20. The second-order valence-corrected chi connectivity index (χ2v) is 8.91. The van der Waals surface area contributed by atoms with E-state index in [0.717, 1.165) is 18.8 Å². The van der Waals surface area contributed by atoms with Crippen molar-refractivity contribution in [2.75, 3.05) is 6.54 Å². The second-order valence-electron chi connectivity index (χ2n) is 8.91. The lowest BCUT2D eigenvalue weighted by Gasteiger charge is -2.13. The maximum Gasteiger partial charge on any atom is 0.294 e. The molecular weight excluding hydrogens is 452 g/mol. The Morgan fingerprint density at radius 3 is 2.31 bits per heavy atom. The first-order valence-electron chi connectivity index (χ1n) is 14.2. The van der Waals surface area contributed by atoms with Crippen molar-refractivity contribution >= 4 is 5.91 Å². The van der Waals surface area contributed by atoms with Crippen molar-refractivity contribution < 1.29 is 14.7 Å². The summed E-state index contributed by atoms with van der Waals surface area (Å²) in [7, 11) is 0. The summed E-state index contributed by atoms with van der Waals surface area (Å²) in [5.74, 6) is 0.880. The van der Waals surface area contributed by atoms with Gasteiger partial charge in [-0.2, -0.15) is 0 Å². The van der Waals surface area contributed by atoms with Crippen molar-refractivity contribution in [1.29, 1.82) is 0 Å². The summed E-state index contributed by atoms with van der Waals surface area (Å²) >= 11 is 0. The van der Waals surface area contributed by atoms with Gasteiger partial charge in [-0.1, -0.05) is 115 Å². The van der Waals surface area contributed by atoms with E-state index in [4.69, 9.17) is 0 Å². The first-order valence-corrected chi connectivity index (χ1v) is 14.2. The highest BCUT2D eigenvalue weighted by molar-refractivity contribution is 5.75. The van der Waals surface area contributed by atoms with Gasteiger partial charge in [-0.25, -0.2) is 0 Å². The number of carbonyl (C=O) groups is 1. The number of nitrogens with zero attached hydrogens (tertiary/aromatic N) is 1. The molecule has 1 amide bonds. The van der Waals surface area contributed by atoms with Crippen LogP contribution in [0.1, 0.15) is 118 Å². The Balaban J connectivity index is 0. The number of hydrogen-bond donors (Lipinski definition) is 1. The molecule has 0 heterocycles. The van der Waals surface area contributed by atoms with E-state index in [-0.39, 0.29) is 12.5 Å². The fraction of sp³-hybridized carbons (Fsp3) is 0.700. The zero-order chi connectivity index (χ0) is 27.4. The molecule has 0 aliphatic carbocycles. The van der Waals surface area contributed by atoms with Crippen LogP contribution in [0.5, 0.6) is 0 Å². The van der Waals surface area contributed by atoms with Crippen molar-refractivity contribution in [3.05, 3.63) is 58.2 Å². The minimum Gasteiger partial charge on any atom is -0.354 e. The molecule has 0 spiro atoms. The highest BCUT2D eigenvalue weighted by atomic mass is 17.0. The van der Waals surface area contributed by atoms with E-state index in [2.05, 4.69) is 54.3 Å². The fourth-order valence-electron chi connectivity index (χ4n) is 3.71. The molecule has 0 bridgehead atoms. The van der Waals surface area contributed by atoms with Crippen molar-refractivity contribution in [3.8, 4) is 0 Å². The van der Waals surface area contributed by atoms with Crippen molar-refractivity contribution in [2.45, 2.75) is 125 Å². The summed E-state index contributed by atoms with van der Waals surface area (Å²) in [4.78, 5) is 25.4. The van der Waals surface area contributed by atoms with E-state index in [1.54, 1.807) is 0 Å². The number of hydrogen-bond acceptors (Lipinski definition) is 4. The molecule has 0 saturated carbocycles. The first kappa shape index (κ1) is 35.8. The molecule has 1 aromatic carbocycles. The van der Waals surface area contributed by atoms with E-state index in [1.807, 2.05) is 32.9 Å². The van der Waals surface area contributed by atoms with Gasteiger partial charge in [-0.15, -0.1) is 10.1 Å². The lowest BCUT2D eigenvalue weighted by Crippen LogP contribution is -2.32. The summed E-state index contributed by atoms with van der Waals surface area (Å²) < 4.78 is 0. The Morgan fingerprint density at radius 1 is 1.06 bits per heavy atom. The minimum absolute atomic E-state index is 0.108. The third-order valence-electron chi connectivity index (χ3n) is 5.83. The Bertz CT molecular complexity index is 650. The molecule has 2 unspecified atom stereocenters. The van der Waals surface area contributed by atoms with Crippen LogP contribution < -0.4 is 5.32 Å². The van der Waals surface area contributed by atoms with Crippen molar-refractivity contribution in [1.82, 2.24) is 5.32 Å². The first-order chi connectivity index (χ1) is 17.4. The summed E-state index contributed by atoms with van der Waals surface area (Å²) in [6, 6.07) is 10.9. The van der Waals surface area contributed by atoms with Crippen LogP contribution in [-0.2, 0) is 16.1 Å². The van der Waals surface area contributed by atoms with E-state index < -0.39 is 11.2 Å². The number of allylic oxidation sites excluding steroid dienone is 2. The van der Waals surface area contributed by atoms with Gasteiger partial charge >= 0.3 is 0 Å². The molecule has 0 aliphatic rings. The lowest BCUT2D eigenvalue weighted by atomic mass is 9.93. The average molecular weight is 507 g/mol. The van der Waals surface area contributed by atoms with Crippen LogP contribution in [0.15, 0.2) is 42.5 Å². The van der Waals surface area contributed by atoms with Gasteiger partial charge in [0.1, 0.15) is 6.10 Å². The van der Waals surface area contributed by atoms with Crippen LogP contribution in [0.4, 0.5) is 0 Å². The van der Waals surface area contributed by atoms with Gasteiger partial charge in [-0.05, 0) is 51.0 Å². The van der Waals surface area contributed by atoms with Crippen LogP contribution in [-0.4, -0.2) is 23.6 Å². The largest absolute Gasteiger partial charge is 0.354 e. The SMILES string of the molecule is C/C=C\CCCC(=O)NCC(C)O[N+](=O)[O-].CC.CCCCC(CC)CCCCCc1ccccc1. The van der Waals surface area contributed by atoms with Gasteiger partial charge in [-0.3, -0.25) is 4.79 Å². The van der Waals surface area contributed by atoms with Gasteiger partial charge in [0.2, 0.25) is 5.91 Å². The van der Waals surface area contributed by atoms with Gasteiger partial charge in [0.05, 0.1) is 0 Å². The maximum atomic E-state index is 11.2. The molecule has 2 atom stereocenters. The average Bonchev–Trinajstić information content (AvgIpc) is 2.89. The number of nitrogens with one attached hydrogen (secondary N) is 1. The molecule has 0 saturated heterocycles. The standard InChI is InChI=1S/C18H30.C10H18N2O4.C2H6/c1-3-5-12-17(4-2)13-8-6-9-14-18-15-10-7-11-16-18;1-3-4-5-6-7-10(13)11-8-9(2)16-12(14)15;1-2/h7,10-11,15-17H,3-6,8-9,12-14H2,1-2H3;3-4,9H,5-8H2,1-2H3,(H,11,13);1-2H3/b;4-3-;. The number of benzene rings is 1. The predicted molar refractivity (Wildman–Crippen MR) is 152 cm³/mol. The van der Waals surface area contributed by atoms with Crippen molar-refractivity contribution in [2.24, 2.45) is 5.92 Å². The van der Waals surface area contributed by atoms with Crippen molar-refractivity contribution in [3.63, 3.8) is 0 Å². The number of aryl methyl sites for hydroxylation is 1. The molecule has 208 valence electrons. The van der Waals surface area contributed by atoms with Gasteiger partial charge < -0.3 is 10.2 Å². The third kappa shape index (κ3) is 24.7. The summed E-state index contributed by atoms with van der Waals surface area (Å²) in [6.07, 6.45) is 17.9. The van der Waals surface area contributed by atoms with Crippen LogP contribution in [0.2, 0.25) is 0 Å². The molecular formula is C30H54N2O4. The zero-order valence-electron chi connectivity index (χ0n) is 24.0. The van der Waals surface area contributed by atoms with Gasteiger partial charge in [0.25, 0.3) is 5.09 Å². The summed E-state index contributed by atoms with van der Waals surface area (Å²) in [5, 5.41) is 11.7. The van der Waals surface area contributed by atoms with E-state index >= 15 is 0 Å². The number of carbonyl (C=O) groups excluding carboxylic acids is 1. The Morgan fingerprint density at radius 2 is 1.72 bits per heavy atom. The molecule has 1 N–H and O–H groups in total. The number of rotatable bonds is 18. The van der Waals surface area contributed by atoms with E-state index in [1.165, 1.54) is 70.3 Å². The van der Waals surface area contributed by atoms with Crippen LogP contribution in [0.3, 0.4) is 0 Å². The smallest absolute Gasteiger partial charge is 0.294 e. The highest BCUT2D eigenvalue weighted by Gasteiger charge is 2.08. The zero-order valence-corrected chi connectivity index (χ0v) is 24.0. The molecule has 1 aromatic rings. The lowest BCUT2D eigenvalue weighted by molar-refractivity contribution is -0.767. The molecule has 1 rings (SSSR count). The molecule has 6 heteroatoms. The topological polar surface area (TPSA) is 81.5 Å². The Hall–Kier alpha value is -2.37. The molecule has 0 radical (unpaired) electrons. The molecule has 0 aliphatic heterocycles. The minimum atomic E-state index is -0.858. The Kier molecular flexibility index (Phi) is 27.1.